The lowest BCUT2D eigenvalue weighted by Crippen LogP contribution is -2.29. The molecule has 0 heterocycles. The predicted molar refractivity (Wildman–Crippen MR) is 79.5 cm³/mol. The molecule has 0 radical (unpaired) electrons. The van der Waals surface area contributed by atoms with Gasteiger partial charge in [-0.25, -0.2) is 0 Å². The first-order valence-corrected chi connectivity index (χ1v) is 6.97. The Kier molecular flexibility index (Phi) is 14.5. The standard InChI is InChI=1S/C9H14O6.C3H5Cl2NO2/c1-6(10)13-4-9(15-8(3)12)5-14-7(2)11;4-6(5)2-1-3(7)8/h9H,4-5H2,1-3H3;1-2H2,(H,7,8). The summed E-state index contributed by atoms with van der Waals surface area (Å²) in [5.41, 5.74) is 0. The maximum absolute atomic E-state index is 10.6. The Morgan fingerprint density at radius 3 is 1.61 bits per heavy atom. The Bertz CT molecular complexity index is 385. The van der Waals surface area contributed by atoms with Crippen molar-refractivity contribution in [1.29, 1.82) is 0 Å². The van der Waals surface area contributed by atoms with Crippen LogP contribution in [0.15, 0.2) is 0 Å². The minimum atomic E-state index is -0.906. The Hall–Kier alpha value is -1.58. The first kappa shape index (κ1) is 23.7. The molecule has 0 fully saturated rings. The number of carboxylic acid groups (broad SMARTS) is 1. The Morgan fingerprint density at radius 1 is 0.957 bits per heavy atom. The topological polar surface area (TPSA) is 119 Å². The number of ether oxygens (including phenoxy) is 3. The minimum Gasteiger partial charge on any atom is -0.481 e. The third-order valence-electron chi connectivity index (χ3n) is 1.77. The predicted octanol–water partition coefficient (Wildman–Crippen LogP) is 1.11. The van der Waals surface area contributed by atoms with Gasteiger partial charge in [0.1, 0.15) is 13.2 Å². The van der Waals surface area contributed by atoms with E-state index in [1.54, 1.807) is 0 Å². The number of hydrogen-bond donors (Lipinski definition) is 1. The quantitative estimate of drug-likeness (QED) is 0.377. The fraction of sp³-hybridized carbons (Fsp3) is 0.667. The number of halogens is 2. The van der Waals surface area contributed by atoms with Crippen molar-refractivity contribution in [3.8, 4) is 0 Å². The van der Waals surface area contributed by atoms with Crippen LogP contribution < -0.4 is 0 Å². The van der Waals surface area contributed by atoms with E-state index in [4.69, 9.17) is 33.4 Å². The Balaban J connectivity index is 0. The zero-order valence-corrected chi connectivity index (χ0v) is 14.4. The van der Waals surface area contributed by atoms with E-state index in [1.807, 2.05) is 0 Å². The van der Waals surface area contributed by atoms with Gasteiger partial charge in [-0.2, -0.15) is 0 Å². The molecule has 1 N–H and O–H groups in total. The monoisotopic (exact) mass is 375 g/mol. The molecule has 0 aliphatic heterocycles. The second-order valence-corrected chi connectivity index (χ2v) is 5.00. The van der Waals surface area contributed by atoms with Crippen molar-refractivity contribution >= 4 is 47.4 Å². The maximum Gasteiger partial charge on any atom is 0.304 e. The molecule has 0 aliphatic carbocycles. The van der Waals surface area contributed by atoms with Crippen LogP contribution in [0, 0.1) is 0 Å². The summed E-state index contributed by atoms with van der Waals surface area (Å²) < 4.78 is 14.8. The number of nitrogens with zero attached hydrogens (tertiary/aromatic N) is 1. The van der Waals surface area contributed by atoms with Gasteiger partial charge in [0.05, 0.1) is 6.42 Å². The minimum absolute atomic E-state index is 0.0347. The number of aliphatic carboxylic acids is 1. The van der Waals surface area contributed by atoms with Gasteiger partial charge in [0, 0.05) is 27.3 Å². The summed E-state index contributed by atoms with van der Waals surface area (Å²) in [7, 11) is 0. The zero-order valence-electron chi connectivity index (χ0n) is 12.9. The highest BCUT2D eigenvalue weighted by molar-refractivity contribution is 6.33. The Morgan fingerprint density at radius 2 is 1.39 bits per heavy atom. The van der Waals surface area contributed by atoms with E-state index in [2.05, 4.69) is 9.47 Å². The molecule has 0 aromatic heterocycles. The summed E-state index contributed by atoms with van der Waals surface area (Å²) in [5.74, 6) is -2.42. The molecule has 0 unspecified atom stereocenters. The van der Waals surface area contributed by atoms with E-state index in [-0.39, 0.29) is 26.2 Å². The van der Waals surface area contributed by atoms with Gasteiger partial charge in [-0.15, -0.1) is 3.94 Å². The van der Waals surface area contributed by atoms with E-state index in [0.717, 1.165) is 3.94 Å². The number of carbonyl (C=O) groups is 4. The summed E-state index contributed by atoms with van der Waals surface area (Å²) >= 11 is 10.1. The van der Waals surface area contributed by atoms with Crippen molar-refractivity contribution in [3.63, 3.8) is 0 Å². The molecular formula is C12H19Cl2NO8. The SMILES string of the molecule is CC(=O)OCC(COC(C)=O)OC(C)=O.O=C(O)CCN(Cl)Cl. The third-order valence-corrected chi connectivity index (χ3v) is 2.11. The molecule has 0 saturated heterocycles. The average molecular weight is 376 g/mol. The van der Waals surface area contributed by atoms with Crippen molar-refractivity contribution < 1.29 is 38.5 Å². The first-order valence-electron chi connectivity index (χ1n) is 6.29. The zero-order chi connectivity index (χ0) is 18.4. The van der Waals surface area contributed by atoms with Crippen LogP contribution in [0.3, 0.4) is 0 Å². The van der Waals surface area contributed by atoms with Crippen molar-refractivity contribution in [3.05, 3.63) is 0 Å². The molecule has 0 atom stereocenters. The van der Waals surface area contributed by atoms with Crippen LogP contribution in [-0.4, -0.2) is 58.8 Å². The molecule has 11 heteroatoms. The summed E-state index contributed by atoms with van der Waals surface area (Å²) in [6.45, 7) is 3.59. The largest absolute Gasteiger partial charge is 0.481 e. The van der Waals surface area contributed by atoms with Crippen molar-refractivity contribution in [1.82, 2.24) is 3.94 Å². The van der Waals surface area contributed by atoms with Crippen molar-refractivity contribution in [2.45, 2.75) is 33.3 Å². The summed E-state index contributed by atoms with van der Waals surface area (Å²) in [4.78, 5) is 41.4. The molecule has 9 nitrogen and oxygen atoms in total. The van der Waals surface area contributed by atoms with Crippen molar-refractivity contribution in [2.24, 2.45) is 0 Å². The number of carbonyl (C=O) groups excluding carboxylic acids is 3. The van der Waals surface area contributed by atoms with Crippen LogP contribution in [0.4, 0.5) is 0 Å². The normalized spacial score (nSPS) is 9.70. The number of carboxylic acids is 1. The van der Waals surface area contributed by atoms with Gasteiger partial charge >= 0.3 is 23.9 Å². The van der Waals surface area contributed by atoms with E-state index in [0.29, 0.717) is 0 Å². The second-order valence-electron chi connectivity index (χ2n) is 4.01. The molecular weight excluding hydrogens is 357 g/mol. The highest BCUT2D eigenvalue weighted by Crippen LogP contribution is 1.98. The molecule has 0 aliphatic rings. The number of rotatable bonds is 8. The van der Waals surface area contributed by atoms with E-state index in [9.17, 15) is 19.2 Å². The van der Waals surface area contributed by atoms with Crippen LogP contribution in [0.1, 0.15) is 27.2 Å². The molecule has 0 rings (SSSR count). The average Bonchev–Trinajstić information content (AvgIpc) is 2.39. The van der Waals surface area contributed by atoms with Gasteiger partial charge in [0.25, 0.3) is 0 Å². The van der Waals surface area contributed by atoms with Crippen LogP contribution in [0.25, 0.3) is 0 Å². The van der Waals surface area contributed by atoms with Gasteiger partial charge in [-0.1, -0.05) is 0 Å². The van der Waals surface area contributed by atoms with Gasteiger partial charge in [-0.3, -0.25) is 19.2 Å². The van der Waals surface area contributed by atoms with Gasteiger partial charge < -0.3 is 19.3 Å². The van der Waals surface area contributed by atoms with Gasteiger partial charge in [0.15, 0.2) is 6.10 Å². The molecule has 0 bridgehead atoms. The molecule has 0 aromatic carbocycles. The smallest absolute Gasteiger partial charge is 0.304 e. The highest BCUT2D eigenvalue weighted by atomic mass is 35.5. The maximum atomic E-state index is 10.6. The van der Waals surface area contributed by atoms with E-state index in [1.165, 1.54) is 20.8 Å². The first-order chi connectivity index (χ1) is 10.5. The van der Waals surface area contributed by atoms with Gasteiger partial charge in [-0.05, 0) is 23.6 Å². The van der Waals surface area contributed by atoms with E-state index >= 15 is 0 Å². The lowest BCUT2D eigenvalue weighted by molar-refractivity contribution is -0.163. The molecule has 134 valence electrons. The second kappa shape index (κ2) is 14.0. The number of esters is 3. The highest BCUT2D eigenvalue weighted by Gasteiger charge is 2.15. The van der Waals surface area contributed by atoms with Crippen LogP contribution >= 0.6 is 23.6 Å². The van der Waals surface area contributed by atoms with E-state index < -0.39 is 30.0 Å². The number of hydrogen-bond acceptors (Lipinski definition) is 8. The van der Waals surface area contributed by atoms with Crippen LogP contribution in [-0.2, 0) is 33.4 Å². The molecule has 0 amide bonds. The van der Waals surface area contributed by atoms with Crippen LogP contribution in [0.5, 0.6) is 0 Å². The molecule has 0 saturated carbocycles. The van der Waals surface area contributed by atoms with Crippen LogP contribution in [0.2, 0.25) is 0 Å². The van der Waals surface area contributed by atoms with Gasteiger partial charge in [0.2, 0.25) is 0 Å². The molecule has 0 spiro atoms. The third kappa shape index (κ3) is 22.8. The Labute approximate surface area is 143 Å². The molecule has 0 aromatic rings. The lowest BCUT2D eigenvalue weighted by Gasteiger charge is -2.15. The summed E-state index contributed by atoms with van der Waals surface area (Å²) in [5, 5.41) is 8.02. The van der Waals surface area contributed by atoms with Crippen molar-refractivity contribution in [2.75, 3.05) is 19.8 Å². The summed E-state index contributed by atoms with van der Waals surface area (Å²) in [6, 6.07) is 0. The fourth-order valence-electron chi connectivity index (χ4n) is 0.952. The molecule has 23 heavy (non-hydrogen) atoms. The lowest BCUT2D eigenvalue weighted by atomic mass is 10.4. The fourth-order valence-corrected chi connectivity index (χ4v) is 1.12. The summed E-state index contributed by atoms with van der Waals surface area (Å²) in [6.07, 6.45) is -0.789.